The van der Waals surface area contributed by atoms with Crippen LogP contribution in [0.3, 0.4) is 0 Å². The smallest absolute Gasteiger partial charge is 0.138 e. The Labute approximate surface area is 141 Å². The van der Waals surface area contributed by atoms with Gasteiger partial charge in [-0.05, 0) is 35.9 Å². The summed E-state index contributed by atoms with van der Waals surface area (Å²) in [6.07, 6.45) is 5.68. The van der Waals surface area contributed by atoms with E-state index < -0.39 is 0 Å². The quantitative estimate of drug-likeness (QED) is 0.501. The molecule has 5 rings (SSSR count). The van der Waals surface area contributed by atoms with E-state index in [9.17, 15) is 0 Å². The first kappa shape index (κ1) is 13.4. The Morgan fingerprint density at radius 2 is 2.04 bits per heavy atom. The molecule has 0 unspecified atom stereocenters. The lowest BCUT2D eigenvalue weighted by atomic mass is 10.0. The number of nitrogens with zero attached hydrogens (tertiary/aromatic N) is 3. The van der Waals surface area contributed by atoms with E-state index in [2.05, 4.69) is 51.4 Å². The third-order valence-electron chi connectivity index (χ3n) is 4.14. The van der Waals surface area contributed by atoms with Gasteiger partial charge < -0.3 is 4.98 Å². The zero-order valence-corrected chi connectivity index (χ0v) is 13.4. The summed E-state index contributed by atoms with van der Waals surface area (Å²) in [5, 5.41) is 2.25. The molecule has 0 fully saturated rings. The predicted molar refractivity (Wildman–Crippen MR) is 97.9 cm³/mol. The Kier molecular flexibility index (Phi) is 2.93. The molecule has 0 aliphatic rings. The molecule has 0 atom stereocenters. The molecular formula is C19H12N4S. The highest BCUT2D eigenvalue weighted by Crippen LogP contribution is 2.31. The molecule has 5 heteroatoms. The number of pyridine rings is 2. The summed E-state index contributed by atoms with van der Waals surface area (Å²) in [5.41, 5.74) is 6.98. The molecule has 1 N–H and O–H groups in total. The number of H-pyrrole nitrogens is 1. The fourth-order valence-electron chi connectivity index (χ4n) is 2.97. The molecule has 4 aromatic heterocycles. The van der Waals surface area contributed by atoms with Crippen LogP contribution in [0.2, 0.25) is 0 Å². The lowest BCUT2D eigenvalue weighted by Gasteiger charge is -2.03. The van der Waals surface area contributed by atoms with Crippen molar-refractivity contribution in [1.29, 1.82) is 0 Å². The second-order valence-corrected chi connectivity index (χ2v) is 6.46. The van der Waals surface area contributed by atoms with E-state index in [-0.39, 0.29) is 0 Å². The number of benzene rings is 1. The number of hydrogen-bond acceptors (Lipinski definition) is 4. The van der Waals surface area contributed by atoms with Gasteiger partial charge in [-0.25, -0.2) is 4.98 Å². The topological polar surface area (TPSA) is 54.5 Å². The van der Waals surface area contributed by atoms with Crippen LogP contribution in [0.15, 0.2) is 66.6 Å². The molecule has 4 heterocycles. The fraction of sp³-hybridized carbons (Fsp3) is 0. The first-order valence-corrected chi connectivity index (χ1v) is 8.48. The van der Waals surface area contributed by atoms with Crippen LogP contribution < -0.4 is 0 Å². The van der Waals surface area contributed by atoms with Crippen molar-refractivity contribution in [2.75, 3.05) is 0 Å². The van der Waals surface area contributed by atoms with E-state index in [1.165, 1.54) is 0 Å². The SMILES string of the molecule is c1cnc2ccc(-c3c[nH]c4nc(-c5cncs5)ccc34)cc2c1. The molecule has 1 aromatic carbocycles. The highest BCUT2D eigenvalue weighted by Gasteiger charge is 2.10. The highest BCUT2D eigenvalue weighted by atomic mass is 32.1. The van der Waals surface area contributed by atoms with Gasteiger partial charge in [-0.2, -0.15) is 0 Å². The molecule has 0 aliphatic carbocycles. The zero-order chi connectivity index (χ0) is 15.9. The van der Waals surface area contributed by atoms with Crippen molar-refractivity contribution >= 4 is 33.3 Å². The summed E-state index contributed by atoms with van der Waals surface area (Å²) in [6, 6.07) is 14.6. The van der Waals surface area contributed by atoms with Gasteiger partial charge in [-0.3, -0.25) is 9.97 Å². The van der Waals surface area contributed by atoms with Gasteiger partial charge in [0.15, 0.2) is 0 Å². The molecule has 114 valence electrons. The lowest BCUT2D eigenvalue weighted by Crippen LogP contribution is -1.83. The summed E-state index contributed by atoms with van der Waals surface area (Å²) in [7, 11) is 0. The maximum absolute atomic E-state index is 4.73. The Hall–Kier alpha value is -3.05. The summed E-state index contributed by atoms with van der Waals surface area (Å²) >= 11 is 1.59. The van der Waals surface area contributed by atoms with Crippen molar-refractivity contribution in [3.05, 3.63) is 66.6 Å². The Morgan fingerprint density at radius 3 is 2.96 bits per heavy atom. The van der Waals surface area contributed by atoms with Crippen LogP contribution in [0.4, 0.5) is 0 Å². The third kappa shape index (κ3) is 2.10. The number of hydrogen-bond donors (Lipinski definition) is 1. The van der Waals surface area contributed by atoms with Gasteiger partial charge in [0.05, 0.1) is 21.6 Å². The highest BCUT2D eigenvalue weighted by molar-refractivity contribution is 7.13. The van der Waals surface area contributed by atoms with Crippen molar-refractivity contribution in [3.8, 4) is 21.7 Å². The van der Waals surface area contributed by atoms with Gasteiger partial charge in [-0.1, -0.05) is 12.1 Å². The van der Waals surface area contributed by atoms with Crippen LogP contribution in [-0.2, 0) is 0 Å². The summed E-state index contributed by atoms with van der Waals surface area (Å²) in [6.45, 7) is 0. The first-order chi connectivity index (χ1) is 11.9. The van der Waals surface area contributed by atoms with Crippen molar-refractivity contribution in [2.24, 2.45) is 0 Å². The van der Waals surface area contributed by atoms with Gasteiger partial charge >= 0.3 is 0 Å². The zero-order valence-electron chi connectivity index (χ0n) is 12.6. The summed E-state index contributed by atoms with van der Waals surface area (Å²) in [5.74, 6) is 0. The van der Waals surface area contributed by atoms with Crippen LogP contribution in [0.1, 0.15) is 0 Å². The number of aromatic amines is 1. The molecule has 4 nitrogen and oxygen atoms in total. The summed E-state index contributed by atoms with van der Waals surface area (Å²) < 4.78 is 0. The van der Waals surface area contributed by atoms with Gasteiger partial charge in [-0.15, -0.1) is 11.3 Å². The lowest BCUT2D eigenvalue weighted by molar-refractivity contribution is 1.32. The average molecular weight is 328 g/mol. The molecular weight excluding hydrogens is 316 g/mol. The molecule has 0 radical (unpaired) electrons. The number of thiazole rings is 1. The van der Waals surface area contributed by atoms with Gasteiger partial charge in [0.1, 0.15) is 5.65 Å². The van der Waals surface area contributed by atoms with Crippen LogP contribution >= 0.6 is 11.3 Å². The predicted octanol–water partition coefficient (Wildman–Crippen LogP) is 4.90. The number of fused-ring (bicyclic) bond motifs is 2. The molecule has 0 spiro atoms. The minimum Gasteiger partial charge on any atom is -0.345 e. The van der Waals surface area contributed by atoms with E-state index in [1.54, 1.807) is 11.3 Å². The van der Waals surface area contributed by atoms with Crippen molar-refractivity contribution in [1.82, 2.24) is 19.9 Å². The van der Waals surface area contributed by atoms with E-state index in [4.69, 9.17) is 4.98 Å². The van der Waals surface area contributed by atoms with E-state index in [0.29, 0.717) is 0 Å². The minimum absolute atomic E-state index is 0.891. The van der Waals surface area contributed by atoms with E-state index >= 15 is 0 Å². The second kappa shape index (κ2) is 5.25. The van der Waals surface area contributed by atoms with Crippen molar-refractivity contribution in [2.45, 2.75) is 0 Å². The molecule has 0 saturated heterocycles. The van der Waals surface area contributed by atoms with Gasteiger partial charge in [0, 0.05) is 34.9 Å². The van der Waals surface area contributed by atoms with E-state index in [1.807, 2.05) is 30.2 Å². The molecule has 5 aromatic rings. The number of nitrogens with one attached hydrogen (secondary N) is 1. The standard InChI is InChI=1S/C19H12N4S/c1-2-13-8-12(3-5-16(13)21-7-1)15-9-22-19-14(15)4-6-17(23-19)18-10-20-11-24-18/h1-11H,(H,22,23). The first-order valence-electron chi connectivity index (χ1n) is 7.61. The van der Waals surface area contributed by atoms with Crippen LogP contribution in [0, 0.1) is 0 Å². The van der Waals surface area contributed by atoms with Crippen molar-refractivity contribution < 1.29 is 0 Å². The maximum Gasteiger partial charge on any atom is 0.138 e. The van der Waals surface area contributed by atoms with E-state index in [0.717, 1.165) is 43.6 Å². The van der Waals surface area contributed by atoms with Crippen LogP contribution in [0.5, 0.6) is 0 Å². The Morgan fingerprint density at radius 1 is 1.04 bits per heavy atom. The molecule has 0 saturated carbocycles. The van der Waals surface area contributed by atoms with Crippen LogP contribution in [-0.4, -0.2) is 19.9 Å². The van der Waals surface area contributed by atoms with Gasteiger partial charge in [0.2, 0.25) is 0 Å². The third-order valence-corrected chi connectivity index (χ3v) is 4.93. The molecule has 24 heavy (non-hydrogen) atoms. The normalized spacial score (nSPS) is 11.3. The largest absolute Gasteiger partial charge is 0.345 e. The molecule has 0 aliphatic heterocycles. The Balaban J connectivity index is 1.66. The number of aromatic nitrogens is 4. The fourth-order valence-corrected chi connectivity index (χ4v) is 3.56. The Bertz CT molecular complexity index is 1160. The van der Waals surface area contributed by atoms with Crippen molar-refractivity contribution in [3.63, 3.8) is 0 Å². The molecule has 0 amide bonds. The minimum atomic E-state index is 0.891. The molecule has 0 bridgehead atoms. The maximum atomic E-state index is 4.73. The number of rotatable bonds is 2. The van der Waals surface area contributed by atoms with Gasteiger partial charge in [0.25, 0.3) is 0 Å². The van der Waals surface area contributed by atoms with Crippen LogP contribution in [0.25, 0.3) is 43.6 Å². The second-order valence-electron chi connectivity index (χ2n) is 5.57. The average Bonchev–Trinajstić information content (AvgIpc) is 3.30. The monoisotopic (exact) mass is 328 g/mol. The summed E-state index contributed by atoms with van der Waals surface area (Å²) in [4.78, 5) is 17.6.